The average Bonchev–Trinajstić information content (AvgIpc) is 3.24. The summed E-state index contributed by atoms with van der Waals surface area (Å²) in [6.07, 6.45) is 9.94. The van der Waals surface area contributed by atoms with Crippen molar-refractivity contribution in [2.45, 2.75) is 52.4 Å². The van der Waals surface area contributed by atoms with Crippen LogP contribution in [0.4, 0.5) is 0 Å². The number of hydrogen-bond donors (Lipinski definition) is 0. The molecule has 1 aliphatic rings. The van der Waals surface area contributed by atoms with E-state index in [0.29, 0.717) is 5.71 Å². The van der Waals surface area contributed by atoms with E-state index in [9.17, 15) is 0 Å². The SMILES string of the molecule is Cc1cc2c(nc1-c1ccccc1)oc1c(-c3cc(CC4CCCCC4)ccn3)ccc(C)c12. The van der Waals surface area contributed by atoms with Gasteiger partial charge in [0.1, 0.15) is 5.58 Å². The zero-order chi connectivity index (χ0) is 23.1. The Morgan fingerprint density at radius 2 is 1.71 bits per heavy atom. The lowest BCUT2D eigenvalue weighted by Gasteiger charge is -2.21. The second-order valence-corrected chi connectivity index (χ2v) is 9.87. The van der Waals surface area contributed by atoms with Crippen LogP contribution >= 0.6 is 0 Å². The summed E-state index contributed by atoms with van der Waals surface area (Å²) >= 11 is 0. The first-order valence-electron chi connectivity index (χ1n) is 12.5. The third kappa shape index (κ3) is 3.79. The van der Waals surface area contributed by atoms with Gasteiger partial charge < -0.3 is 4.42 Å². The molecule has 0 atom stereocenters. The fourth-order valence-electron chi connectivity index (χ4n) is 5.64. The Morgan fingerprint density at radius 3 is 2.53 bits per heavy atom. The van der Waals surface area contributed by atoms with Gasteiger partial charge in [-0.2, -0.15) is 0 Å². The molecule has 3 aromatic heterocycles. The second-order valence-electron chi connectivity index (χ2n) is 9.87. The van der Waals surface area contributed by atoms with Crippen LogP contribution in [0.3, 0.4) is 0 Å². The largest absolute Gasteiger partial charge is 0.437 e. The van der Waals surface area contributed by atoms with E-state index in [-0.39, 0.29) is 0 Å². The van der Waals surface area contributed by atoms with Crippen molar-refractivity contribution in [1.29, 1.82) is 0 Å². The van der Waals surface area contributed by atoms with Crippen LogP contribution in [0.2, 0.25) is 0 Å². The van der Waals surface area contributed by atoms with E-state index in [1.807, 2.05) is 24.4 Å². The van der Waals surface area contributed by atoms with Crippen LogP contribution in [0.1, 0.15) is 48.8 Å². The van der Waals surface area contributed by atoms with Crippen molar-refractivity contribution in [3.63, 3.8) is 0 Å². The van der Waals surface area contributed by atoms with Gasteiger partial charge in [-0.05, 0) is 67.1 Å². The summed E-state index contributed by atoms with van der Waals surface area (Å²) in [6.45, 7) is 4.28. The topological polar surface area (TPSA) is 38.9 Å². The van der Waals surface area contributed by atoms with E-state index >= 15 is 0 Å². The third-order valence-corrected chi connectivity index (χ3v) is 7.41. The fourth-order valence-corrected chi connectivity index (χ4v) is 5.64. The minimum absolute atomic E-state index is 0.688. The molecular formula is C31H30N2O. The summed E-state index contributed by atoms with van der Waals surface area (Å²) in [5, 5.41) is 2.21. The molecule has 5 aromatic rings. The zero-order valence-electron chi connectivity index (χ0n) is 20.0. The molecule has 2 aromatic carbocycles. The van der Waals surface area contributed by atoms with Crippen molar-refractivity contribution < 1.29 is 4.42 Å². The van der Waals surface area contributed by atoms with Gasteiger partial charge in [0.15, 0.2) is 0 Å². The van der Waals surface area contributed by atoms with Gasteiger partial charge in [-0.1, -0.05) is 68.5 Å². The van der Waals surface area contributed by atoms with Crippen molar-refractivity contribution >= 4 is 22.1 Å². The molecule has 0 radical (unpaired) electrons. The molecule has 3 heteroatoms. The van der Waals surface area contributed by atoms with Crippen molar-refractivity contribution in [3.05, 3.63) is 83.6 Å². The van der Waals surface area contributed by atoms with Crippen LogP contribution in [0.15, 0.2) is 71.3 Å². The first-order chi connectivity index (χ1) is 16.7. The summed E-state index contributed by atoms with van der Waals surface area (Å²) in [6, 6.07) is 21.3. The molecule has 1 fully saturated rings. The van der Waals surface area contributed by atoms with Crippen molar-refractivity contribution in [1.82, 2.24) is 9.97 Å². The van der Waals surface area contributed by atoms with Crippen LogP contribution in [0, 0.1) is 19.8 Å². The predicted octanol–water partition coefficient (Wildman–Crippen LogP) is 8.45. The molecule has 170 valence electrons. The molecule has 3 nitrogen and oxygen atoms in total. The Bertz CT molecular complexity index is 1480. The Balaban J connectivity index is 1.47. The fraction of sp³-hybridized carbons (Fsp3) is 0.290. The van der Waals surface area contributed by atoms with Gasteiger partial charge in [0.05, 0.1) is 11.4 Å². The third-order valence-electron chi connectivity index (χ3n) is 7.41. The molecular weight excluding hydrogens is 416 g/mol. The summed E-state index contributed by atoms with van der Waals surface area (Å²) in [5.41, 5.74) is 9.41. The van der Waals surface area contributed by atoms with Crippen LogP contribution in [0.5, 0.6) is 0 Å². The Labute approximate surface area is 200 Å². The number of rotatable bonds is 4. The molecule has 0 aliphatic heterocycles. The van der Waals surface area contributed by atoms with Gasteiger partial charge in [0, 0.05) is 28.1 Å². The lowest BCUT2D eigenvalue weighted by molar-refractivity contribution is 0.356. The summed E-state index contributed by atoms with van der Waals surface area (Å²) in [4.78, 5) is 9.72. The predicted molar refractivity (Wildman–Crippen MR) is 140 cm³/mol. The van der Waals surface area contributed by atoms with E-state index in [0.717, 1.165) is 56.8 Å². The highest BCUT2D eigenvalue weighted by molar-refractivity contribution is 6.10. The average molecular weight is 447 g/mol. The molecule has 0 N–H and O–H groups in total. The van der Waals surface area contributed by atoms with Crippen molar-refractivity contribution in [3.8, 4) is 22.5 Å². The highest BCUT2D eigenvalue weighted by Gasteiger charge is 2.19. The molecule has 1 saturated carbocycles. The second kappa shape index (κ2) is 8.72. The standard InChI is InChI=1S/C31H30N2O/c1-20-13-14-25(27-19-23(15-16-32-27)18-22-9-5-3-6-10-22)30-28(20)26-17-21(2)29(33-31(26)34-30)24-11-7-4-8-12-24/h4,7-8,11-17,19,22H,3,5-6,9-10,18H2,1-2H3. The maximum atomic E-state index is 6.47. The molecule has 0 unspecified atom stereocenters. The first-order valence-corrected chi connectivity index (χ1v) is 12.5. The van der Waals surface area contributed by atoms with E-state index in [1.165, 1.54) is 43.2 Å². The zero-order valence-corrected chi connectivity index (χ0v) is 20.0. The number of nitrogens with zero attached hydrogens (tertiary/aromatic N) is 2. The van der Waals surface area contributed by atoms with Crippen molar-refractivity contribution in [2.24, 2.45) is 5.92 Å². The number of aryl methyl sites for hydroxylation is 2. The number of aromatic nitrogens is 2. The smallest absolute Gasteiger partial charge is 0.227 e. The normalized spacial score (nSPS) is 14.8. The molecule has 1 aliphatic carbocycles. The number of benzene rings is 2. The molecule has 0 bridgehead atoms. The van der Waals surface area contributed by atoms with E-state index in [4.69, 9.17) is 14.4 Å². The Kier molecular flexibility index (Phi) is 5.41. The lowest BCUT2D eigenvalue weighted by Crippen LogP contribution is -2.09. The number of hydrogen-bond acceptors (Lipinski definition) is 3. The summed E-state index contributed by atoms with van der Waals surface area (Å²) < 4.78 is 6.47. The van der Waals surface area contributed by atoms with E-state index in [1.54, 1.807) is 0 Å². The van der Waals surface area contributed by atoms with E-state index in [2.05, 4.69) is 56.3 Å². The molecule has 0 spiro atoms. The quantitative estimate of drug-likeness (QED) is 0.278. The maximum absolute atomic E-state index is 6.47. The van der Waals surface area contributed by atoms with Gasteiger partial charge in [-0.3, -0.25) is 4.98 Å². The lowest BCUT2D eigenvalue weighted by atomic mass is 9.85. The maximum Gasteiger partial charge on any atom is 0.227 e. The van der Waals surface area contributed by atoms with Crippen LogP contribution in [0.25, 0.3) is 44.6 Å². The van der Waals surface area contributed by atoms with Gasteiger partial charge in [-0.15, -0.1) is 0 Å². The molecule has 6 rings (SSSR count). The number of fused-ring (bicyclic) bond motifs is 3. The van der Waals surface area contributed by atoms with Gasteiger partial charge >= 0.3 is 0 Å². The van der Waals surface area contributed by atoms with Gasteiger partial charge in [-0.25, -0.2) is 4.98 Å². The number of furan rings is 1. The molecule has 0 saturated heterocycles. The minimum Gasteiger partial charge on any atom is -0.437 e. The molecule has 34 heavy (non-hydrogen) atoms. The Hall–Kier alpha value is -3.46. The van der Waals surface area contributed by atoms with E-state index < -0.39 is 0 Å². The van der Waals surface area contributed by atoms with Crippen LogP contribution in [-0.4, -0.2) is 9.97 Å². The van der Waals surface area contributed by atoms with Gasteiger partial charge in [0.25, 0.3) is 0 Å². The molecule has 3 heterocycles. The van der Waals surface area contributed by atoms with Crippen molar-refractivity contribution in [2.75, 3.05) is 0 Å². The Morgan fingerprint density at radius 1 is 0.882 bits per heavy atom. The van der Waals surface area contributed by atoms with Crippen LogP contribution in [-0.2, 0) is 6.42 Å². The first kappa shape index (κ1) is 21.1. The highest BCUT2D eigenvalue weighted by Crippen LogP contribution is 2.39. The minimum atomic E-state index is 0.688. The number of pyridine rings is 2. The van der Waals surface area contributed by atoms with Gasteiger partial charge in [0.2, 0.25) is 5.71 Å². The summed E-state index contributed by atoms with van der Waals surface area (Å²) in [5.74, 6) is 0.803. The summed E-state index contributed by atoms with van der Waals surface area (Å²) in [7, 11) is 0. The van der Waals surface area contributed by atoms with Crippen LogP contribution < -0.4 is 0 Å². The monoisotopic (exact) mass is 446 g/mol. The highest BCUT2D eigenvalue weighted by atomic mass is 16.3. The molecule has 0 amide bonds.